The second kappa shape index (κ2) is 12.9. The van der Waals surface area contributed by atoms with Crippen molar-refractivity contribution in [3.8, 4) is 33.4 Å². The van der Waals surface area contributed by atoms with Crippen molar-refractivity contribution in [2.45, 2.75) is 0 Å². The fraction of sp³-hybridized carbons (Fsp3) is 0. The summed E-state index contributed by atoms with van der Waals surface area (Å²) in [4.78, 5) is 2.29. The van der Waals surface area contributed by atoms with Crippen LogP contribution in [0.15, 0.2) is 213 Å². The second-order valence-corrected chi connectivity index (χ2v) is 14.8. The Balaban J connectivity index is 0.947. The Bertz CT molecular complexity index is 3500. The van der Waals surface area contributed by atoms with Crippen molar-refractivity contribution in [3.05, 3.63) is 200 Å². The molecular formula is C54H33NO3. The van der Waals surface area contributed by atoms with Crippen molar-refractivity contribution >= 4 is 82.9 Å². The number of anilines is 3. The van der Waals surface area contributed by atoms with Gasteiger partial charge in [-0.25, -0.2) is 0 Å². The molecule has 3 heterocycles. The summed E-state index contributed by atoms with van der Waals surface area (Å²) < 4.78 is 19.3. The number of rotatable bonds is 6. The lowest BCUT2D eigenvalue weighted by Crippen LogP contribution is -2.09. The average Bonchev–Trinajstić information content (AvgIpc) is 3.98. The quantitative estimate of drug-likeness (QED) is 0.170. The topological polar surface area (TPSA) is 42.7 Å². The summed E-state index contributed by atoms with van der Waals surface area (Å²) in [6, 6.07) is 70.2. The zero-order valence-electron chi connectivity index (χ0n) is 31.2. The van der Waals surface area contributed by atoms with E-state index in [1.165, 1.54) is 0 Å². The Morgan fingerprint density at radius 2 is 0.741 bits per heavy atom. The fourth-order valence-corrected chi connectivity index (χ4v) is 8.69. The fourth-order valence-electron chi connectivity index (χ4n) is 8.69. The van der Waals surface area contributed by atoms with Crippen LogP contribution in [0, 0.1) is 0 Å². The Hall–Kier alpha value is -7.82. The molecule has 4 nitrogen and oxygen atoms in total. The van der Waals surface area contributed by atoms with Gasteiger partial charge in [0.25, 0.3) is 0 Å². The summed E-state index contributed by atoms with van der Waals surface area (Å²) in [5.74, 6) is 0. The lowest BCUT2D eigenvalue weighted by Gasteiger charge is -2.26. The van der Waals surface area contributed by atoms with Crippen LogP contribution in [0.25, 0.3) is 99.2 Å². The van der Waals surface area contributed by atoms with E-state index < -0.39 is 0 Å². The van der Waals surface area contributed by atoms with E-state index in [-0.39, 0.29) is 0 Å². The van der Waals surface area contributed by atoms with E-state index in [1.54, 1.807) is 0 Å². The number of hydrogen-bond acceptors (Lipinski definition) is 4. The number of nitrogens with zero attached hydrogens (tertiary/aromatic N) is 1. The van der Waals surface area contributed by atoms with E-state index in [9.17, 15) is 0 Å². The van der Waals surface area contributed by atoms with Crippen LogP contribution in [0.1, 0.15) is 0 Å². The zero-order valence-corrected chi connectivity index (χ0v) is 31.2. The van der Waals surface area contributed by atoms with E-state index >= 15 is 0 Å². The summed E-state index contributed by atoms with van der Waals surface area (Å²) in [6.45, 7) is 0. The average molecular weight is 744 g/mol. The number of furan rings is 3. The molecule has 0 saturated heterocycles. The van der Waals surface area contributed by atoms with Crippen LogP contribution in [0.3, 0.4) is 0 Å². The molecule has 4 heteroatoms. The lowest BCUT2D eigenvalue weighted by atomic mass is 10.00. The third kappa shape index (κ3) is 5.16. The van der Waals surface area contributed by atoms with Gasteiger partial charge in [0.2, 0.25) is 0 Å². The van der Waals surface area contributed by atoms with Gasteiger partial charge in [-0.05, 0) is 82.9 Å². The molecule has 0 fully saturated rings. The van der Waals surface area contributed by atoms with E-state index in [0.717, 1.165) is 116 Å². The van der Waals surface area contributed by atoms with Crippen molar-refractivity contribution in [3.63, 3.8) is 0 Å². The number of fused-ring (bicyclic) bond motifs is 9. The minimum atomic E-state index is 0.851. The highest BCUT2D eigenvalue weighted by molar-refractivity contribution is 6.11. The molecule has 3 aromatic heterocycles. The Labute approximate surface area is 333 Å². The molecule has 0 spiro atoms. The molecule has 0 aliphatic carbocycles. The number of hydrogen-bond donors (Lipinski definition) is 0. The molecule has 0 N–H and O–H groups in total. The Morgan fingerprint density at radius 3 is 1.43 bits per heavy atom. The lowest BCUT2D eigenvalue weighted by molar-refractivity contribution is 0.669. The van der Waals surface area contributed by atoms with Gasteiger partial charge in [0.1, 0.15) is 33.5 Å². The van der Waals surface area contributed by atoms with Gasteiger partial charge in [0, 0.05) is 66.6 Å². The molecule has 0 amide bonds. The highest BCUT2D eigenvalue weighted by Crippen LogP contribution is 2.42. The SMILES string of the molecule is c1ccc(-c2cccc3c2oc2ccc(-c4ccc(N(c5ccc(-c6cccc7c6oc6ccccc67)cc5)c5ccc6c(c5)oc5ccccc56)cc4)cc23)cc1. The molecule has 0 aliphatic rings. The summed E-state index contributed by atoms with van der Waals surface area (Å²) in [7, 11) is 0. The van der Waals surface area contributed by atoms with Crippen molar-refractivity contribution in [1.29, 1.82) is 0 Å². The molecule has 58 heavy (non-hydrogen) atoms. The molecule has 0 bridgehead atoms. The van der Waals surface area contributed by atoms with E-state index in [0.29, 0.717) is 0 Å². The van der Waals surface area contributed by atoms with Gasteiger partial charge in [-0.1, -0.05) is 133 Å². The highest BCUT2D eigenvalue weighted by Gasteiger charge is 2.18. The van der Waals surface area contributed by atoms with E-state index in [1.807, 2.05) is 30.3 Å². The monoisotopic (exact) mass is 743 g/mol. The van der Waals surface area contributed by atoms with Crippen LogP contribution in [-0.2, 0) is 0 Å². The number of para-hydroxylation sites is 4. The smallest absolute Gasteiger partial charge is 0.143 e. The largest absolute Gasteiger partial charge is 0.456 e. The van der Waals surface area contributed by atoms with Gasteiger partial charge in [-0.2, -0.15) is 0 Å². The van der Waals surface area contributed by atoms with Gasteiger partial charge >= 0.3 is 0 Å². The maximum Gasteiger partial charge on any atom is 0.143 e. The molecular weight excluding hydrogens is 711 g/mol. The van der Waals surface area contributed by atoms with Crippen molar-refractivity contribution in [2.75, 3.05) is 4.90 Å². The maximum absolute atomic E-state index is 6.48. The van der Waals surface area contributed by atoms with Crippen LogP contribution in [0.2, 0.25) is 0 Å². The summed E-state index contributed by atoms with van der Waals surface area (Å²) in [6.07, 6.45) is 0. The highest BCUT2D eigenvalue weighted by atomic mass is 16.3. The first-order chi connectivity index (χ1) is 28.7. The van der Waals surface area contributed by atoms with Gasteiger partial charge in [0.15, 0.2) is 0 Å². The summed E-state index contributed by atoms with van der Waals surface area (Å²) in [5, 5.41) is 6.68. The minimum Gasteiger partial charge on any atom is -0.456 e. The zero-order chi connectivity index (χ0) is 38.2. The second-order valence-electron chi connectivity index (χ2n) is 14.8. The van der Waals surface area contributed by atoms with Crippen LogP contribution >= 0.6 is 0 Å². The van der Waals surface area contributed by atoms with Gasteiger partial charge < -0.3 is 18.2 Å². The van der Waals surface area contributed by atoms with Crippen LogP contribution in [-0.4, -0.2) is 0 Å². The van der Waals surface area contributed by atoms with E-state index in [2.05, 4.69) is 175 Å². The third-order valence-electron chi connectivity index (χ3n) is 11.5. The first-order valence-corrected chi connectivity index (χ1v) is 19.6. The maximum atomic E-state index is 6.48. The first-order valence-electron chi connectivity index (χ1n) is 19.6. The molecule has 0 atom stereocenters. The van der Waals surface area contributed by atoms with E-state index in [4.69, 9.17) is 13.3 Å². The van der Waals surface area contributed by atoms with Crippen LogP contribution < -0.4 is 4.90 Å². The molecule has 0 aliphatic heterocycles. The molecule has 9 aromatic carbocycles. The molecule has 12 aromatic rings. The van der Waals surface area contributed by atoms with Gasteiger partial charge in [-0.3, -0.25) is 0 Å². The van der Waals surface area contributed by atoms with Crippen LogP contribution in [0.4, 0.5) is 17.1 Å². The van der Waals surface area contributed by atoms with Crippen molar-refractivity contribution in [1.82, 2.24) is 0 Å². The third-order valence-corrected chi connectivity index (χ3v) is 11.5. The molecule has 272 valence electrons. The normalized spacial score (nSPS) is 11.8. The van der Waals surface area contributed by atoms with Crippen molar-refractivity contribution in [2.24, 2.45) is 0 Å². The molecule has 12 rings (SSSR count). The summed E-state index contributed by atoms with van der Waals surface area (Å²) in [5.41, 5.74) is 15.1. The van der Waals surface area contributed by atoms with Gasteiger partial charge in [0.05, 0.1) is 0 Å². The van der Waals surface area contributed by atoms with Crippen molar-refractivity contribution < 1.29 is 13.3 Å². The number of benzene rings is 9. The molecule has 0 saturated carbocycles. The van der Waals surface area contributed by atoms with Crippen LogP contribution in [0.5, 0.6) is 0 Å². The van der Waals surface area contributed by atoms with Gasteiger partial charge in [-0.15, -0.1) is 0 Å². The predicted octanol–water partition coefficient (Wildman–Crippen LogP) is 15.9. The Morgan fingerprint density at radius 1 is 0.259 bits per heavy atom. The first kappa shape index (κ1) is 32.4. The Kier molecular flexibility index (Phi) is 7.20. The minimum absolute atomic E-state index is 0.851. The molecule has 0 unspecified atom stereocenters. The standard InChI is InChI=1S/C54H33NO3/c1-2-10-35(11-3-1)41-14-9-17-47-48-32-37(24-31-51(48)58-54(41)47)34-20-25-38(26-21-34)55(40-29-30-45-43-12-4-6-18-49(43)56-52(45)33-40)39-27-22-36(23-28-39)42-15-8-16-46-44-13-5-7-19-50(44)57-53(42)46/h1-33H. The predicted molar refractivity (Wildman–Crippen MR) is 239 cm³/mol. The molecule has 0 radical (unpaired) electrons. The summed E-state index contributed by atoms with van der Waals surface area (Å²) >= 11 is 0.